The van der Waals surface area contributed by atoms with Crippen molar-refractivity contribution in [2.45, 2.75) is 6.92 Å². The van der Waals surface area contributed by atoms with Crippen molar-refractivity contribution in [2.75, 3.05) is 12.8 Å². The van der Waals surface area contributed by atoms with Crippen LogP contribution in [-0.4, -0.2) is 18.1 Å². The summed E-state index contributed by atoms with van der Waals surface area (Å²) in [5, 5.41) is 0. The molecule has 0 fully saturated rings. The third-order valence-electron chi connectivity index (χ3n) is 2.55. The summed E-state index contributed by atoms with van der Waals surface area (Å²) in [5.74, 6) is 0.160. The van der Waals surface area contributed by atoms with Crippen LogP contribution in [-0.2, 0) is 4.74 Å². The zero-order valence-corrected chi connectivity index (χ0v) is 10.7. The van der Waals surface area contributed by atoms with Gasteiger partial charge in [0, 0.05) is 6.20 Å². The molecule has 0 aliphatic heterocycles. The average Bonchev–Trinajstić information content (AvgIpc) is 2.42. The van der Waals surface area contributed by atoms with Crippen molar-refractivity contribution in [1.29, 1.82) is 0 Å². The Morgan fingerprint density at radius 1 is 1.32 bits per heavy atom. The van der Waals surface area contributed by atoms with E-state index < -0.39 is 5.97 Å². The first kappa shape index (κ1) is 12.9. The van der Waals surface area contributed by atoms with Crippen LogP contribution in [0.3, 0.4) is 0 Å². The molecule has 0 atom stereocenters. The standard InChI is InChI=1S/C14H14N2O3/c1-9-5-6-12(10(8-9)14(17)18-2)19-13-11(15)4-3-7-16-13/h3-8H,15H2,1-2H3. The van der Waals surface area contributed by atoms with Crippen molar-refractivity contribution >= 4 is 11.7 Å². The van der Waals surface area contributed by atoms with E-state index in [1.165, 1.54) is 7.11 Å². The van der Waals surface area contributed by atoms with Gasteiger partial charge in [0.05, 0.1) is 12.8 Å². The lowest BCUT2D eigenvalue weighted by Gasteiger charge is -2.11. The van der Waals surface area contributed by atoms with Gasteiger partial charge in [-0.3, -0.25) is 0 Å². The lowest BCUT2D eigenvalue weighted by molar-refractivity contribution is 0.0597. The van der Waals surface area contributed by atoms with Gasteiger partial charge in [-0.2, -0.15) is 0 Å². The number of ether oxygens (including phenoxy) is 2. The van der Waals surface area contributed by atoms with E-state index in [-0.39, 0.29) is 5.88 Å². The van der Waals surface area contributed by atoms with Crippen molar-refractivity contribution in [3.8, 4) is 11.6 Å². The summed E-state index contributed by atoms with van der Waals surface area (Å²) in [6, 6.07) is 8.60. The maximum absolute atomic E-state index is 11.7. The SMILES string of the molecule is COC(=O)c1cc(C)ccc1Oc1ncccc1N. The predicted octanol–water partition coefficient (Wildman–Crippen LogP) is 2.55. The molecule has 0 bridgehead atoms. The smallest absolute Gasteiger partial charge is 0.341 e. The molecule has 0 saturated heterocycles. The summed E-state index contributed by atoms with van der Waals surface area (Å²) in [7, 11) is 1.32. The second-order valence-corrected chi connectivity index (χ2v) is 3.99. The van der Waals surface area contributed by atoms with Crippen LogP contribution >= 0.6 is 0 Å². The van der Waals surface area contributed by atoms with Crippen molar-refractivity contribution in [1.82, 2.24) is 4.98 Å². The molecule has 1 aromatic heterocycles. The van der Waals surface area contributed by atoms with Crippen molar-refractivity contribution in [3.05, 3.63) is 47.7 Å². The number of carbonyl (C=O) groups excluding carboxylic acids is 1. The van der Waals surface area contributed by atoms with Crippen LogP contribution in [0.4, 0.5) is 5.69 Å². The monoisotopic (exact) mass is 258 g/mol. The van der Waals surface area contributed by atoms with Gasteiger partial charge in [-0.1, -0.05) is 11.6 Å². The van der Waals surface area contributed by atoms with Crippen LogP contribution in [0.5, 0.6) is 11.6 Å². The fourth-order valence-electron chi connectivity index (χ4n) is 1.59. The number of nitrogens with two attached hydrogens (primary N) is 1. The highest BCUT2D eigenvalue weighted by Gasteiger charge is 2.15. The molecule has 0 saturated carbocycles. The fraction of sp³-hybridized carbons (Fsp3) is 0.143. The molecule has 0 aliphatic carbocycles. The summed E-state index contributed by atoms with van der Waals surface area (Å²) in [6.07, 6.45) is 1.57. The number of hydrogen-bond donors (Lipinski definition) is 1. The molecule has 1 heterocycles. The Bertz CT molecular complexity index is 611. The summed E-state index contributed by atoms with van der Waals surface area (Å²) < 4.78 is 10.3. The fourth-order valence-corrected chi connectivity index (χ4v) is 1.59. The molecule has 2 N–H and O–H groups in total. The molecular formula is C14H14N2O3. The van der Waals surface area contributed by atoms with Crippen LogP contribution in [0.1, 0.15) is 15.9 Å². The maximum atomic E-state index is 11.7. The van der Waals surface area contributed by atoms with Gasteiger partial charge >= 0.3 is 5.97 Å². The number of aryl methyl sites for hydroxylation is 1. The number of methoxy groups -OCH3 is 1. The Hall–Kier alpha value is -2.56. The van der Waals surface area contributed by atoms with Crippen molar-refractivity contribution in [2.24, 2.45) is 0 Å². The molecule has 0 radical (unpaired) electrons. The molecule has 0 aliphatic rings. The summed E-state index contributed by atoms with van der Waals surface area (Å²) in [5.41, 5.74) is 7.43. The number of benzene rings is 1. The Kier molecular flexibility index (Phi) is 3.66. The number of nitrogen functional groups attached to an aromatic ring is 1. The topological polar surface area (TPSA) is 74.4 Å². The second kappa shape index (κ2) is 5.39. The first-order valence-corrected chi connectivity index (χ1v) is 5.69. The molecule has 0 unspecified atom stereocenters. The number of hydrogen-bond acceptors (Lipinski definition) is 5. The van der Waals surface area contributed by atoms with Gasteiger partial charge < -0.3 is 15.2 Å². The van der Waals surface area contributed by atoms with E-state index in [0.717, 1.165) is 5.56 Å². The number of nitrogens with zero attached hydrogens (tertiary/aromatic N) is 1. The predicted molar refractivity (Wildman–Crippen MR) is 71.2 cm³/mol. The average molecular weight is 258 g/mol. The van der Waals surface area contributed by atoms with Crippen LogP contribution in [0.2, 0.25) is 0 Å². The van der Waals surface area contributed by atoms with E-state index >= 15 is 0 Å². The normalized spacial score (nSPS) is 10.0. The van der Waals surface area contributed by atoms with E-state index in [1.807, 2.05) is 13.0 Å². The highest BCUT2D eigenvalue weighted by atomic mass is 16.5. The third kappa shape index (κ3) is 2.82. The molecule has 19 heavy (non-hydrogen) atoms. The van der Waals surface area contributed by atoms with Crippen LogP contribution in [0.25, 0.3) is 0 Å². The Morgan fingerprint density at radius 2 is 2.11 bits per heavy atom. The summed E-state index contributed by atoms with van der Waals surface area (Å²) in [6.45, 7) is 1.88. The molecule has 1 aromatic carbocycles. The first-order valence-electron chi connectivity index (χ1n) is 5.69. The minimum absolute atomic E-state index is 0.261. The highest BCUT2D eigenvalue weighted by molar-refractivity contribution is 5.92. The Labute approximate surface area is 111 Å². The summed E-state index contributed by atoms with van der Waals surface area (Å²) in [4.78, 5) is 15.7. The van der Waals surface area contributed by atoms with Gasteiger partial charge in [-0.25, -0.2) is 9.78 Å². The quantitative estimate of drug-likeness (QED) is 0.856. The summed E-state index contributed by atoms with van der Waals surface area (Å²) >= 11 is 0. The zero-order valence-electron chi connectivity index (χ0n) is 10.7. The Morgan fingerprint density at radius 3 is 2.79 bits per heavy atom. The van der Waals surface area contributed by atoms with E-state index in [0.29, 0.717) is 17.0 Å². The molecule has 0 spiro atoms. The molecule has 2 rings (SSSR count). The van der Waals surface area contributed by atoms with Gasteiger partial charge in [-0.05, 0) is 31.2 Å². The van der Waals surface area contributed by atoms with Gasteiger partial charge in [0.25, 0.3) is 0 Å². The van der Waals surface area contributed by atoms with E-state index in [9.17, 15) is 4.79 Å². The number of aromatic nitrogens is 1. The van der Waals surface area contributed by atoms with Gasteiger partial charge in [0.2, 0.25) is 5.88 Å². The highest BCUT2D eigenvalue weighted by Crippen LogP contribution is 2.28. The van der Waals surface area contributed by atoms with E-state index in [1.54, 1.807) is 30.5 Å². The van der Waals surface area contributed by atoms with Crippen molar-refractivity contribution in [3.63, 3.8) is 0 Å². The number of anilines is 1. The van der Waals surface area contributed by atoms with E-state index in [2.05, 4.69) is 4.98 Å². The van der Waals surface area contributed by atoms with Gasteiger partial charge in [-0.15, -0.1) is 0 Å². The third-order valence-corrected chi connectivity index (χ3v) is 2.55. The zero-order chi connectivity index (χ0) is 13.8. The van der Waals surface area contributed by atoms with Crippen LogP contribution in [0, 0.1) is 6.92 Å². The van der Waals surface area contributed by atoms with Gasteiger partial charge in [0.1, 0.15) is 11.3 Å². The van der Waals surface area contributed by atoms with E-state index in [4.69, 9.17) is 15.2 Å². The first-order chi connectivity index (χ1) is 9.11. The molecule has 5 nitrogen and oxygen atoms in total. The van der Waals surface area contributed by atoms with Crippen LogP contribution < -0.4 is 10.5 Å². The molecule has 98 valence electrons. The van der Waals surface area contributed by atoms with Gasteiger partial charge in [0.15, 0.2) is 0 Å². The minimum atomic E-state index is -0.465. The second-order valence-electron chi connectivity index (χ2n) is 3.99. The minimum Gasteiger partial charge on any atom is -0.465 e. The maximum Gasteiger partial charge on any atom is 0.341 e. The van der Waals surface area contributed by atoms with Crippen molar-refractivity contribution < 1.29 is 14.3 Å². The lowest BCUT2D eigenvalue weighted by Crippen LogP contribution is -2.05. The molecule has 5 heteroatoms. The molecular weight excluding hydrogens is 244 g/mol. The largest absolute Gasteiger partial charge is 0.465 e. The number of rotatable bonds is 3. The Balaban J connectivity index is 2.40. The number of pyridine rings is 1. The van der Waals surface area contributed by atoms with Crippen LogP contribution in [0.15, 0.2) is 36.5 Å². The lowest BCUT2D eigenvalue weighted by atomic mass is 10.1. The number of esters is 1. The number of carbonyl (C=O) groups is 1. The molecule has 0 amide bonds. The molecule has 2 aromatic rings.